The summed E-state index contributed by atoms with van der Waals surface area (Å²) in [6.07, 6.45) is 2.93. The number of benzene rings is 1. The van der Waals surface area contributed by atoms with Gasteiger partial charge in [-0.05, 0) is 18.2 Å². The number of aromatic nitrogens is 5. The van der Waals surface area contributed by atoms with Gasteiger partial charge in [0.2, 0.25) is 0 Å². The zero-order chi connectivity index (χ0) is 18.3. The predicted octanol–water partition coefficient (Wildman–Crippen LogP) is 1.22. The van der Waals surface area contributed by atoms with Crippen LogP contribution in [0.3, 0.4) is 0 Å². The highest BCUT2D eigenvalue weighted by Gasteiger charge is 2.18. The summed E-state index contributed by atoms with van der Waals surface area (Å²) in [5.74, 6) is -0.0222. The van der Waals surface area contributed by atoms with E-state index in [-0.39, 0.29) is 22.3 Å². The SMILES string of the molecule is COC(=O)c1cnn2c1nnc1c(=O)n(-c3ccccc3OC)ccc12. The lowest BCUT2D eigenvalue weighted by molar-refractivity contribution is 0.0602. The fourth-order valence-electron chi connectivity index (χ4n) is 2.76. The van der Waals surface area contributed by atoms with Crippen molar-refractivity contribution in [1.82, 2.24) is 24.4 Å². The summed E-state index contributed by atoms with van der Waals surface area (Å²) in [6, 6.07) is 8.83. The van der Waals surface area contributed by atoms with E-state index < -0.39 is 5.97 Å². The number of pyridine rings is 1. The van der Waals surface area contributed by atoms with Gasteiger partial charge in [0.15, 0.2) is 11.2 Å². The van der Waals surface area contributed by atoms with Gasteiger partial charge in [-0.1, -0.05) is 12.1 Å². The molecule has 0 aliphatic carbocycles. The number of fused-ring (bicyclic) bond motifs is 3. The number of ether oxygens (including phenoxy) is 2. The molecular formula is C17H13N5O4. The van der Waals surface area contributed by atoms with E-state index >= 15 is 0 Å². The van der Waals surface area contributed by atoms with Crippen LogP contribution in [0.4, 0.5) is 0 Å². The first-order valence-corrected chi connectivity index (χ1v) is 7.63. The van der Waals surface area contributed by atoms with Gasteiger partial charge in [0.25, 0.3) is 5.56 Å². The summed E-state index contributed by atoms with van der Waals surface area (Å²) in [5.41, 5.74) is 1.15. The van der Waals surface area contributed by atoms with E-state index in [1.807, 2.05) is 6.07 Å². The molecule has 0 fully saturated rings. The number of methoxy groups -OCH3 is 2. The van der Waals surface area contributed by atoms with Gasteiger partial charge in [0, 0.05) is 6.20 Å². The summed E-state index contributed by atoms with van der Waals surface area (Å²) < 4.78 is 12.8. The molecule has 3 aromatic heterocycles. The minimum atomic E-state index is -0.573. The molecule has 0 aliphatic rings. The Hall–Kier alpha value is -3.75. The number of para-hydroxylation sites is 2. The van der Waals surface area contributed by atoms with Crippen molar-refractivity contribution in [1.29, 1.82) is 0 Å². The molecule has 4 rings (SSSR count). The monoisotopic (exact) mass is 351 g/mol. The van der Waals surface area contributed by atoms with Crippen LogP contribution in [0, 0.1) is 0 Å². The molecule has 0 saturated carbocycles. The maximum absolute atomic E-state index is 12.9. The molecule has 0 N–H and O–H groups in total. The van der Waals surface area contributed by atoms with Gasteiger partial charge in [-0.15, -0.1) is 10.2 Å². The second kappa shape index (κ2) is 5.96. The van der Waals surface area contributed by atoms with Crippen LogP contribution in [0.25, 0.3) is 22.4 Å². The molecule has 0 bridgehead atoms. The van der Waals surface area contributed by atoms with Gasteiger partial charge in [0.1, 0.15) is 16.8 Å². The van der Waals surface area contributed by atoms with Crippen LogP contribution < -0.4 is 10.3 Å². The Kier molecular flexibility index (Phi) is 3.61. The molecule has 0 unspecified atom stereocenters. The van der Waals surface area contributed by atoms with Crippen LogP contribution in [0.1, 0.15) is 10.4 Å². The van der Waals surface area contributed by atoms with Crippen molar-refractivity contribution >= 4 is 22.6 Å². The highest BCUT2D eigenvalue weighted by Crippen LogP contribution is 2.21. The Morgan fingerprint density at radius 1 is 1.12 bits per heavy atom. The highest BCUT2D eigenvalue weighted by molar-refractivity contribution is 5.96. The Labute approximate surface area is 146 Å². The maximum atomic E-state index is 12.9. The molecule has 9 heteroatoms. The predicted molar refractivity (Wildman–Crippen MR) is 91.8 cm³/mol. The first kappa shape index (κ1) is 15.8. The van der Waals surface area contributed by atoms with E-state index in [1.54, 1.807) is 30.5 Å². The summed E-state index contributed by atoms with van der Waals surface area (Å²) in [6.45, 7) is 0. The average Bonchev–Trinajstić information content (AvgIpc) is 3.12. The van der Waals surface area contributed by atoms with Crippen molar-refractivity contribution in [3.63, 3.8) is 0 Å². The Morgan fingerprint density at radius 2 is 1.92 bits per heavy atom. The first-order valence-electron chi connectivity index (χ1n) is 7.63. The number of rotatable bonds is 3. The molecule has 0 atom stereocenters. The number of hydrogen-bond donors (Lipinski definition) is 0. The van der Waals surface area contributed by atoms with Crippen LogP contribution in [-0.4, -0.2) is 44.6 Å². The minimum Gasteiger partial charge on any atom is -0.495 e. The third kappa shape index (κ3) is 2.21. The van der Waals surface area contributed by atoms with E-state index in [0.717, 1.165) is 0 Å². The van der Waals surface area contributed by atoms with Gasteiger partial charge in [-0.2, -0.15) is 5.10 Å². The molecule has 9 nitrogen and oxygen atoms in total. The molecule has 0 radical (unpaired) electrons. The average molecular weight is 351 g/mol. The second-order valence-corrected chi connectivity index (χ2v) is 5.38. The zero-order valence-corrected chi connectivity index (χ0v) is 13.9. The highest BCUT2D eigenvalue weighted by atomic mass is 16.5. The molecule has 4 aromatic rings. The summed E-state index contributed by atoms with van der Waals surface area (Å²) >= 11 is 0. The standard InChI is InChI=1S/C17H13N5O4/c1-25-13-6-4-3-5-11(13)21-8-7-12-14(16(21)23)19-20-15-10(17(24)26-2)9-18-22(12)15/h3-9H,1-2H3. The molecule has 0 spiro atoms. The van der Waals surface area contributed by atoms with Crippen molar-refractivity contribution in [2.75, 3.05) is 14.2 Å². The van der Waals surface area contributed by atoms with Gasteiger partial charge in [-0.25, -0.2) is 9.31 Å². The number of esters is 1. The number of carbonyl (C=O) groups excluding carboxylic acids is 1. The third-order valence-electron chi connectivity index (χ3n) is 4.01. The van der Waals surface area contributed by atoms with Gasteiger partial charge >= 0.3 is 5.97 Å². The molecule has 0 saturated heterocycles. The van der Waals surface area contributed by atoms with E-state index in [4.69, 9.17) is 9.47 Å². The summed E-state index contributed by atoms with van der Waals surface area (Å²) in [5, 5.41) is 12.1. The number of carbonyl (C=O) groups is 1. The largest absolute Gasteiger partial charge is 0.495 e. The van der Waals surface area contributed by atoms with Crippen LogP contribution in [0.15, 0.2) is 47.5 Å². The lowest BCUT2D eigenvalue weighted by Crippen LogP contribution is -2.20. The van der Waals surface area contributed by atoms with E-state index in [0.29, 0.717) is 17.0 Å². The van der Waals surface area contributed by atoms with Gasteiger partial charge < -0.3 is 9.47 Å². The minimum absolute atomic E-state index is 0.116. The lowest BCUT2D eigenvalue weighted by Gasteiger charge is -2.11. The molecule has 1 aromatic carbocycles. The van der Waals surface area contributed by atoms with Crippen LogP contribution in [-0.2, 0) is 4.74 Å². The number of nitrogens with zero attached hydrogens (tertiary/aromatic N) is 5. The normalized spacial score (nSPS) is 11.0. The Morgan fingerprint density at radius 3 is 2.69 bits per heavy atom. The van der Waals surface area contributed by atoms with Crippen LogP contribution in [0.2, 0.25) is 0 Å². The molecule has 26 heavy (non-hydrogen) atoms. The molecular weight excluding hydrogens is 338 g/mol. The molecule has 3 heterocycles. The summed E-state index contributed by atoms with van der Waals surface area (Å²) in [7, 11) is 2.80. The van der Waals surface area contributed by atoms with E-state index in [2.05, 4.69) is 15.3 Å². The molecule has 130 valence electrons. The summed E-state index contributed by atoms with van der Waals surface area (Å²) in [4.78, 5) is 24.7. The van der Waals surface area contributed by atoms with Crippen molar-refractivity contribution in [3.05, 3.63) is 58.6 Å². The zero-order valence-electron chi connectivity index (χ0n) is 13.9. The van der Waals surface area contributed by atoms with Crippen molar-refractivity contribution < 1.29 is 14.3 Å². The maximum Gasteiger partial charge on any atom is 0.343 e. The fraction of sp³-hybridized carbons (Fsp3) is 0.118. The quantitative estimate of drug-likeness (QED) is 0.512. The van der Waals surface area contributed by atoms with E-state index in [1.165, 1.54) is 29.5 Å². The van der Waals surface area contributed by atoms with Crippen molar-refractivity contribution in [3.8, 4) is 11.4 Å². The second-order valence-electron chi connectivity index (χ2n) is 5.38. The lowest BCUT2D eigenvalue weighted by atomic mass is 10.2. The smallest absolute Gasteiger partial charge is 0.343 e. The van der Waals surface area contributed by atoms with Gasteiger partial charge in [0.05, 0.1) is 26.1 Å². The van der Waals surface area contributed by atoms with Crippen molar-refractivity contribution in [2.24, 2.45) is 0 Å². The Balaban J connectivity index is 1.99. The topological polar surface area (TPSA) is 101 Å². The van der Waals surface area contributed by atoms with Gasteiger partial charge in [-0.3, -0.25) is 9.36 Å². The van der Waals surface area contributed by atoms with E-state index in [9.17, 15) is 9.59 Å². The van der Waals surface area contributed by atoms with Crippen LogP contribution >= 0.6 is 0 Å². The fourth-order valence-corrected chi connectivity index (χ4v) is 2.76. The molecule has 0 aliphatic heterocycles. The number of hydrogen-bond acceptors (Lipinski definition) is 7. The van der Waals surface area contributed by atoms with Crippen molar-refractivity contribution in [2.45, 2.75) is 0 Å². The molecule has 0 amide bonds. The third-order valence-corrected chi connectivity index (χ3v) is 4.01. The first-order chi connectivity index (χ1) is 12.7. The Bertz CT molecular complexity index is 1210. The van der Waals surface area contributed by atoms with Crippen LogP contribution in [0.5, 0.6) is 5.75 Å².